The largest absolute Gasteiger partial charge is 0.100 e. The summed E-state index contributed by atoms with van der Waals surface area (Å²) in [7, 11) is 0. The summed E-state index contributed by atoms with van der Waals surface area (Å²) in [5, 5.41) is 0. The smallest absolute Gasteiger partial charge is 0.0106 e. The van der Waals surface area contributed by atoms with Gasteiger partial charge in [0, 0.05) is 0 Å². The van der Waals surface area contributed by atoms with Gasteiger partial charge in [-0.2, -0.15) is 0 Å². The van der Waals surface area contributed by atoms with Crippen LogP contribution in [0.25, 0.3) is 16.7 Å². The molecule has 0 saturated carbocycles. The average Bonchev–Trinajstić information content (AvgIpc) is 2.45. The average molecular weight is 262 g/mol. The first kappa shape index (κ1) is 14.3. The summed E-state index contributed by atoms with van der Waals surface area (Å²) >= 11 is 0. The van der Waals surface area contributed by atoms with Gasteiger partial charge in [0.25, 0.3) is 0 Å². The Morgan fingerprint density at radius 3 is 2.25 bits per heavy atom. The number of allylic oxidation sites excluding steroid dienone is 2. The van der Waals surface area contributed by atoms with Crippen LogP contribution in [0.15, 0.2) is 67.3 Å². The van der Waals surface area contributed by atoms with E-state index in [0.717, 1.165) is 12.8 Å². The van der Waals surface area contributed by atoms with Crippen LogP contribution in [0.2, 0.25) is 0 Å². The third kappa shape index (κ3) is 3.27. The van der Waals surface area contributed by atoms with Crippen LogP contribution in [0.5, 0.6) is 0 Å². The Morgan fingerprint density at radius 2 is 1.60 bits per heavy atom. The van der Waals surface area contributed by atoms with Gasteiger partial charge in [0.2, 0.25) is 0 Å². The molecule has 0 atom stereocenters. The van der Waals surface area contributed by atoms with Crippen LogP contribution >= 0.6 is 0 Å². The predicted molar refractivity (Wildman–Crippen MR) is 89.7 cm³/mol. The van der Waals surface area contributed by atoms with Gasteiger partial charge in [0.1, 0.15) is 0 Å². The van der Waals surface area contributed by atoms with Gasteiger partial charge in [-0.1, -0.05) is 60.7 Å². The first-order valence-electron chi connectivity index (χ1n) is 7.07. The van der Waals surface area contributed by atoms with Crippen LogP contribution in [0.1, 0.15) is 30.9 Å². The summed E-state index contributed by atoms with van der Waals surface area (Å²) in [4.78, 5) is 0. The fourth-order valence-electron chi connectivity index (χ4n) is 2.48. The van der Waals surface area contributed by atoms with Crippen LogP contribution in [-0.4, -0.2) is 0 Å². The van der Waals surface area contributed by atoms with Crippen molar-refractivity contribution in [1.82, 2.24) is 0 Å². The Kier molecular flexibility index (Phi) is 4.57. The van der Waals surface area contributed by atoms with Crippen LogP contribution in [0.4, 0.5) is 0 Å². The maximum Gasteiger partial charge on any atom is -0.0106 e. The first-order valence-corrected chi connectivity index (χ1v) is 7.07. The van der Waals surface area contributed by atoms with E-state index in [1.54, 1.807) is 0 Å². The van der Waals surface area contributed by atoms with Gasteiger partial charge >= 0.3 is 0 Å². The molecule has 0 aliphatic carbocycles. The van der Waals surface area contributed by atoms with Crippen LogP contribution < -0.4 is 0 Å². The number of hydrogen-bond donors (Lipinski definition) is 0. The lowest BCUT2D eigenvalue weighted by molar-refractivity contribution is 0.998. The maximum absolute atomic E-state index is 4.30. The molecule has 0 aromatic heterocycles. The van der Waals surface area contributed by atoms with Crippen molar-refractivity contribution < 1.29 is 0 Å². The second kappa shape index (κ2) is 6.38. The molecule has 0 heterocycles. The van der Waals surface area contributed by atoms with Crippen LogP contribution in [0.3, 0.4) is 0 Å². The molecule has 0 saturated heterocycles. The number of hydrogen-bond acceptors (Lipinski definition) is 0. The summed E-state index contributed by atoms with van der Waals surface area (Å²) in [6.07, 6.45) is 1.97. The molecule has 0 unspecified atom stereocenters. The highest BCUT2D eigenvalue weighted by Crippen LogP contribution is 2.33. The number of rotatable bonds is 5. The fourth-order valence-corrected chi connectivity index (χ4v) is 2.48. The molecule has 2 aromatic carbocycles. The molecule has 0 spiro atoms. The van der Waals surface area contributed by atoms with E-state index in [0.29, 0.717) is 0 Å². The van der Waals surface area contributed by atoms with E-state index in [2.05, 4.69) is 75.5 Å². The quantitative estimate of drug-likeness (QED) is 0.577. The number of benzene rings is 2. The van der Waals surface area contributed by atoms with Gasteiger partial charge in [-0.15, -0.1) is 6.58 Å². The molecular formula is C20H22. The summed E-state index contributed by atoms with van der Waals surface area (Å²) in [6, 6.07) is 17.0. The minimum Gasteiger partial charge on any atom is -0.100 e. The molecule has 0 heteroatoms. The highest BCUT2D eigenvalue weighted by Gasteiger charge is 2.10. The van der Waals surface area contributed by atoms with Gasteiger partial charge in [-0.05, 0) is 54.5 Å². The van der Waals surface area contributed by atoms with Gasteiger partial charge in [0.05, 0.1) is 0 Å². The lowest BCUT2D eigenvalue weighted by atomic mass is 9.89. The second-order valence-electron chi connectivity index (χ2n) is 5.42. The van der Waals surface area contributed by atoms with Crippen molar-refractivity contribution in [2.24, 2.45) is 0 Å². The van der Waals surface area contributed by atoms with Crippen molar-refractivity contribution >= 4 is 5.57 Å². The molecule has 2 rings (SSSR count). The second-order valence-corrected chi connectivity index (χ2v) is 5.42. The molecule has 0 aliphatic rings. The molecular weight excluding hydrogens is 240 g/mol. The van der Waals surface area contributed by atoms with Crippen LogP contribution in [0, 0.1) is 6.92 Å². The summed E-state index contributed by atoms with van der Waals surface area (Å²) < 4.78 is 0. The Labute approximate surface area is 122 Å². The maximum atomic E-state index is 4.30. The van der Waals surface area contributed by atoms with Crippen molar-refractivity contribution in [3.05, 3.63) is 78.4 Å². The zero-order valence-electron chi connectivity index (χ0n) is 12.4. The summed E-state index contributed by atoms with van der Waals surface area (Å²) in [6.45, 7) is 12.5. The van der Waals surface area contributed by atoms with E-state index < -0.39 is 0 Å². The summed E-state index contributed by atoms with van der Waals surface area (Å²) in [5.74, 6) is 0. The number of aryl methyl sites for hydroxylation is 1. The van der Waals surface area contributed by atoms with Crippen LogP contribution in [-0.2, 0) is 0 Å². The first-order chi connectivity index (χ1) is 9.59. The minimum absolute atomic E-state index is 0.972. The van der Waals surface area contributed by atoms with E-state index in [1.165, 1.54) is 33.4 Å². The fraction of sp³-hybridized carbons (Fsp3) is 0.200. The van der Waals surface area contributed by atoms with E-state index in [4.69, 9.17) is 0 Å². The molecule has 0 bridgehead atoms. The molecule has 0 nitrogen and oxygen atoms in total. The monoisotopic (exact) mass is 262 g/mol. The van der Waals surface area contributed by atoms with Gasteiger partial charge in [0.15, 0.2) is 0 Å². The zero-order chi connectivity index (χ0) is 14.5. The van der Waals surface area contributed by atoms with Gasteiger partial charge in [-0.25, -0.2) is 0 Å². The predicted octanol–water partition coefficient (Wildman–Crippen LogP) is 6.03. The van der Waals surface area contributed by atoms with E-state index in [9.17, 15) is 0 Å². The van der Waals surface area contributed by atoms with Gasteiger partial charge < -0.3 is 0 Å². The topological polar surface area (TPSA) is 0 Å². The normalized spacial score (nSPS) is 10.3. The molecule has 0 aliphatic heterocycles. The molecule has 0 fully saturated rings. The Balaban J connectivity index is 2.42. The standard InChI is InChI=1S/C20H22/c1-15(2)13-14-17(4)20-16(3)9-8-12-19(20)18-10-6-5-7-11-18/h5-12H,1,4,13-14H2,2-3H3. The van der Waals surface area contributed by atoms with Gasteiger partial charge in [-0.3, -0.25) is 0 Å². The third-order valence-electron chi connectivity index (χ3n) is 3.56. The minimum atomic E-state index is 0.972. The van der Waals surface area contributed by atoms with Crippen molar-refractivity contribution in [3.63, 3.8) is 0 Å². The Morgan fingerprint density at radius 1 is 0.900 bits per heavy atom. The van der Waals surface area contributed by atoms with Crippen molar-refractivity contribution in [2.45, 2.75) is 26.7 Å². The lowest BCUT2D eigenvalue weighted by Gasteiger charge is -2.15. The van der Waals surface area contributed by atoms with Crippen molar-refractivity contribution in [3.8, 4) is 11.1 Å². The SMILES string of the molecule is C=C(C)CCC(=C)c1c(C)cccc1-c1ccccc1. The highest BCUT2D eigenvalue weighted by molar-refractivity contribution is 5.82. The molecule has 0 radical (unpaired) electrons. The molecule has 2 aromatic rings. The molecule has 20 heavy (non-hydrogen) atoms. The van der Waals surface area contributed by atoms with E-state index in [1.807, 2.05) is 0 Å². The molecule has 0 N–H and O–H groups in total. The highest BCUT2D eigenvalue weighted by atomic mass is 14.1. The zero-order valence-corrected chi connectivity index (χ0v) is 12.4. The van der Waals surface area contributed by atoms with Crippen molar-refractivity contribution in [2.75, 3.05) is 0 Å². The molecule has 102 valence electrons. The van der Waals surface area contributed by atoms with Crippen molar-refractivity contribution in [1.29, 1.82) is 0 Å². The van der Waals surface area contributed by atoms with E-state index >= 15 is 0 Å². The Bertz CT molecular complexity index is 618. The lowest BCUT2D eigenvalue weighted by Crippen LogP contribution is -1.93. The molecule has 0 amide bonds. The summed E-state index contributed by atoms with van der Waals surface area (Å²) in [5.41, 5.74) is 7.52. The van der Waals surface area contributed by atoms with E-state index in [-0.39, 0.29) is 0 Å². The third-order valence-corrected chi connectivity index (χ3v) is 3.56. The Hall–Kier alpha value is -2.08.